The zero-order valence-electron chi connectivity index (χ0n) is 13.6. The van der Waals surface area contributed by atoms with Crippen molar-refractivity contribution in [1.29, 1.82) is 0 Å². The first-order valence-corrected chi connectivity index (χ1v) is 7.78. The van der Waals surface area contributed by atoms with Crippen LogP contribution in [-0.4, -0.2) is 17.0 Å². The zero-order valence-corrected chi connectivity index (χ0v) is 13.6. The monoisotopic (exact) mass is 350 g/mol. The number of carbonyl (C=O) groups is 2. The van der Waals surface area contributed by atoms with Gasteiger partial charge < -0.3 is 5.32 Å². The molecule has 0 aliphatic carbocycles. The number of nitrogens with one attached hydrogen (secondary N) is 2. The Balaban J connectivity index is 1.80. The lowest BCUT2D eigenvalue weighted by Gasteiger charge is -2.08. The van der Waals surface area contributed by atoms with Gasteiger partial charge in [-0.2, -0.15) is 0 Å². The lowest BCUT2D eigenvalue weighted by atomic mass is 10.0. The van der Waals surface area contributed by atoms with Crippen molar-refractivity contribution in [2.75, 3.05) is 5.32 Å². The summed E-state index contributed by atoms with van der Waals surface area (Å²) >= 11 is 0. The van der Waals surface area contributed by atoms with E-state index in [1.54, 1.807) is 47.9 Å². The second-order valence-corrected chi connectivity index (χ2v) is 5.56. The van der Waals surface area contributed by atoms with E-state index in [0.29, 0.717) is 11.3 Å². The molecule has 3 N–H and O–H groups in total. The fourth-order valence-corrected chi connectivity index (χ4v) is 2.49. The fourth-order valence-electron chi connectivity index (χ4n) is 2.49. The van der Waals surface area contributed by atoms with Crippen LogP contribution in [0.4, 0.5) is 10.1 Å². The molecule has 0 aromatic heterocycles. The van der Waals surface area contributed by atoms with Gasteiger partial charge in [-0.3, -0.25) is 14.8 Å². The summed E-state index contributed by atoms with van der Waals surface area (Å²) in [6.07, 6.45) is 0. The third-order valence-corrected chi connectivity index (χ3v) is 3.79. The zero-order chi connectivity index (χ0) is 18.5. The van der Waals surface area contributed by atoms with Crippen LogP contribution in [0.3, 0.4) is 0 Å². The fraction of sp³-hybridized carbons (Fsp3) is 0. The van der Waals surface area contributed by atoms with E-state index in [0.717, 1.165) is 11.1 Å². The Hall–Kier alpha value is -3.51. The van der Waals surface area contributed by atoms with E-state index in [9.17, 15) is 14.0 Å². The predicted octanol–water partition coefficient (Wildman–Crippen LogP) is 3.86. The van der Waals surface area contributed by atoms with Crippen LogP contribution in [0.15, 0.2) is 72.8 Å². The predicted molar refractivity (Wildman–Crippen MR) is 95.5 cm³/mol. The van der Waals surface area contributed by atoms with E-state index in [1.165, 1.54) is 24.3 Å². The van der Waals surface area contributed by atoms with E-state index < -0.39 is 17.6 Å². The molecule has 0 spiro atoms. The van der Waals surface area contributed by atoms with Crippen molar-refractivity contribution < 1.29 is 19.2 Å². The molecule has 5 nitrogen and oxygen atoms in total. The Kier molecular flexibility index (Phi) is 5.05. The topological polar surface area (TPSA) is 78.4 Å². The Morgan fingerprint density at radius 3 is 2.19 bits per heavy atom. The Bertz CT molecular complexity index is 955. The van der Waals surface area contributed by atoms with Gasteiger partial charge in [-0.05, 0) is 53.6 Å². The Labute approximate surface area is 149 Å². The number of benzene rings is 3. The summed E-state index contributed by atoms with van der Waals surface area (Å²) in [6.45, 7) is 0. The molecule has 0 unspecified atom stereocenters. The Morgan fingerprint density at radius 1 is 0.769 bits per heavy atom. The Morgan fingerprint density at radius 2 is 1.50 bits per heavy atom. The summed E-state index contributed by atoms with van der Waals surface area (Å²) < 4.78 is 13.2. The van der Waals surface area contributed by atoms with Crippen molar-refractivity contribution >= 4 is 17.5 Å². The lowest BCUT2D eigenvalue weighted by Crippen LogP contribution is -2.18. The molecule has 0 saturated carbocycles. The number of hydrogen-bond donors (Lipinski definition) is 3. The van der Waals surface area contributed by atoms with Crippen LogP contribution in [0, 0.1) is 5.82 Å². The number of hydroxylamine groups is 1. The van der Waals surface area contributed by atoms with Gasteiger partial charge in [0.1, 0.15) is 5.82 Å². The highest BCUT2D eigenvalue weighted by atomic mass is 19.1. The van der Waals surface area contributed by atoms with E-state index in [4.69, 9.17) is 5.21 Å². The molecular formula is C20H15FN2O3. The van der Waals surface area contributed by atoms with Crippen LogP contribution in [0.2, 0.25) is 0 Å². The number of carbonyl (C=O) groups excluding carboxylic acids is 2. The minimum absolute atomic E-state index is 0.231. The SMILES string of the molecule is O=C(NO)c1ccc(-c2cccc(NC(=O)c3cccc(F)c3)c2)cc1. The summed E-state index contributed by atoms with van der Waals surface area (Å²) in [6, 6.07) is 19.2. The molecule has 2 amide bonds. The molecule has 0 radical (unpaired) electrons. The maximum absolute atomic E-state index is 13.2. The van der Waals surface area contributed by atoms with E-state index >= 15 is 0 Å². The van der Waals surface area contributed by atoms with E-state index in [1.807, 2.05) is 6.07 Å². The number of rotatable bonds is 4. The van der Waals surface area contributed by atoms with Gasteiger partial charge in [0, 0.05) is 16.8 Å². The smallest absolute Gasteiger partial charge is 0.274 e. The molecular weight excluding hydrogens is 335 g/mol. The minimum atomic E-state index is -0.590. The molecule has 130 valence electrons. The summed E-state index contributed by atoms with van der Waals surface area (Å²) in [7, 11) is 0. The molecule has 26 heavy (non-hydrogen) atoms. The van der Waals surface area contributed by atoms with Crippen LogP contribution in [0.5, 0.6) is 0 Å². The molecule has 0 aliphatic heterocycles. The maximum atomic E-state index is 13.2. The van der Waals surface area contributed by atoms with Gasteiger partial charge >= 0.3 is 0 Å². The average molecular weight is 350 g/mol. The molecule has 0 heterocycles. The quantitative estimate of drug-likeness (QED) is 0.494. The van der Waals surface area contributed by atoms with Gasteiger partial charge in [0.25, 0.3) is 11.8 Å². The van der Waals surface area contributed by atoms with E-state index in [2.05, 4.69) is 5.32 Å². The average Bonchev–Trinajstić information content (AvgIpc) is 2.67. The highest BCUT2D eigenvalue weighted by Crippen LogP contribution is 2.23. The summed E-state index contributed by atoms with van der Waals surface area (Å²) in [4.78, 5) is 23.6. The second kappa shape index (κ2) is 7.58. The van der Waals surface area contributed by atoms with Crippen molar-refractivity contribution in [1.82, 2.24) is 5.48 Å². The second-order valence-electron chi connectivity index (χ2n) is 5.56. The summed E-state index contributed by atoms with van der Waals surface area (Å²) in [5.41, 5.74) is 4.36. The van der Waals surface area contributed by atoms with Gasteiger partial charge in [-0.1, -0.05) is 30.3 Å². The van der Waals surface area contributed by atoms with Crippen LogP contribution >= 0.6 is 0 Å². The van der Waals surface area contributed by atoms with Crippen molar-refractivity contribution in [2.24, 2.45) is 0 Å². The van der Waals surface area contributed by atoms with E-state index in [-0.39, 0.29) is 5.56 Å². The highest BCUT2D eigenvalue weighted by molar-refractivity contribution is 6.04. The molecule has 0 aliphatic rings. The minimum Gasteiger partial charge on any atom is -0.322 e. The largest absolute Gasteiger partial charge is 0.322 e. The van der Waals surface area contributed by atoms with Crippen molar-refractivity contribution in [3.8, 4) is 11.1 Å². The number of amides is 2. The van der Waals surface area contributed by atoms with Gasteiger partial charge in [0.05, 0.1) is 0 Å². The first-order valence-electron chi connectivity index (χ1n) is 7.78. The first kappa shape index (κ1) is 17.3. The number of halogens is 1. The third kappa shape index (κ3) is 3.93. The molecule has 6 heteroatoms. The molecule has 3 aromatic rings. The number of anilines is 1. The van der Waals surface area contributed by atoms with Crippen molar-refractivity contribution in [3.63, 3.8) is 0 Å². The van der Waals surface area contributed by atoms with Gasteiger partial charge in [0.2, 0.25) is 0 Å². The van der Waals surface area contributed by atoms with Crippen molar-refractivity contribution in [2.45, 2.75) is 0 Å². The molecule has 0 fully saturated rings. The first-order chi connectivity index (χ1) is 12.6. The van der Waals surface area contributed by atoms with Gasteiger partial charge in [-0.15, -0.1) is 0 Å². The highest BCUT2D eigenvalue weighted by Gasteiger charge is 2.08. The van der Waals surface area contributed by atoms with Crippen LogP contribution in [-0.2, 0) is 0 Å². The van der Waals surface area contributed by atoms with Crippen LogP contribution in [0.1, 0.15) is 20.7 Å². The van der Waals surface area contributed by atoms with Crippen LogP contribution < -0.4 is 10.8 Å². The third-order valence-electron chi connectivity index (χ3n) is 3.79. The molecule has 3 rings (SSSR count). The number of hydrogen-bond acceptors (Lipinski definition) is 3. The molecule has 0 saturated heterocycles. The van der Waals surface area contributed by atoms with Crippen LogP contribution in [0.25, 0.3) is 11.1 Å². The maximum Gasteiger partial charge on any atom is 0.274 e. The standard InChI is InChI=1S/C20H15FN2O3/c21-17-5-1-4-16(11-17)19(24)22-18-6-2-3-15(12-18)13-7-9-14(10-8-13)20(25)23-26/h1-12,26H,(H,22,24)(H,23,25). The van der Waals surface area contributed by atoms with Gasteiger partial charge in [0.15, 0.2) is 0 Å². The lowest BCUT2D eigenvalue weighted by molar-refractivity contribution is 0.0706. The normalized spacial score (nSPS) is 10.2. The summed E-state index contributed by atoms with van der Waals surface area (Å²) in [5, 5.41) is 11.4. The molecule has 0 atom stereocenters. The van der Waals surface area contributed by atoms with Crippen molar-refractivity contribution in [3.05, 3.63) is 89.7 Å². The summed E-state index contributed by atoms with van der Waals surface area (Å²) in [5.74, 6) is -1.47. The molecule has 0 bridgehead atoms. The van der Waals surface area contributed by atoms with Gasteiger partial charge in [-0.25, -0.2) is 9.87 Å². The molecule has 3 aromatic carbocycles.